The van der Waals surface area contributed by atoms with Crippen LogP contribution in [0.1, 0.15) is 46.0 Å². The van der Waals surface area contributed by atoms with Crippen LogP contribution in [0.25, 0.3) is 0 Å². The van der Waals surface area contributed by atoms with Crippen molar-refractivity contribution in [2.75, 3.05) is 25.0 Å². The fraction of sp³-hybridized carbons (Fsp3) is 0.333. The lowest BCUT2D eigenvalue weighted by atomic mass is 10.1. The van der Waals surface area contributed by atoms with Gasteiger partial charge in [-0.2, -0.15) is 4.31 Å². The molecule has 7 nitrogen and oxygen atoms in total. The first-order chi connectivity index (χ1) is 13.8. The molecular formula is C21H24N2O5S. The van der Waals surface area contributed by atoms with E-state index in [4.69, 9.17) is 4.74 Å². The summed E-state index contributed by atoms with van der Waals surface area (Å²) >= 11 is 0. The summed E-state index contributed by atoms with van der Waals surface area (Å²) in [4.78, 5) is 25.1. The van der Waals surface area contributed by atoms with Gasteiger partial charge in [0.2, 0.25) is 10.0 Å². The van der Waals surface area contributed by atoms with E-state index in [1.54, 1.807) is 44.2 Å². The van der Waals surface area contributed by atoms with Gasteiger partial charge in [-0.25, -0.2) is 13.2 Å². The number of sulfonamides is 1. The summed E-state index contributed by atoms with van der Waals surface area (Å²) in [5, 5.41) is 2.71. The van der Waals surface area contributed by atoms with E-state index in [0.717, 1.165) is 12.8 Å². The minimum atomic E-state index is -3.63. The first-order valence-corrected chi connectivity index (χ1v) is 11.0. The lowest BCUT2D eigenvalue weighted by Crippen LogP contribution is -2.28. The van der Waals surface area contributed by atoms with Crippen LogP contribution in [0.3, 0.4) is 0 Å². The Labute approximate surface area is 170 Å². The van der Waals surface area contributed by atoms with Crippen molar-refractivity contribution in [3.05, 3.63) is 59.2 Å². The Kier molecular flexibility index (Phi) is 6.34. The number of hydrogen-bond donors (Lipinski definition) is 1. The van der Waals surface area contributed by atoms with Gasteiger partial charge in [0, 0.05) is 18.7 Å². The zero-order chi connectivity index (χ0) is 21.0. The molecule has 8 heteroatoms. The van der Waals surface area contributed by atoms with E-state index in [-0.39, 0.29) is 22.6 Å². The number of carbonyl (C=O) groups excluding carboxylic acids is 2. The Balaban J connectivity index is 1.90. The summed E-state index contributed by atoms with van der Waals surface area (Å²) in [6, 6.07) is 11.1. The first-order valence-electron chi connectivity index (χ1n) is 9.53. The molecule has 0 unspecified atom stereocenters. The van der Waals surface area contributed by atoms with E-state index in [9.17, 15) is 18.0 Å². The number of para-hydroxylation sites is 1. The van der Waals surface area contributed by atoms with E-state index in [2.05, 4.69) is 5.32 Å². The molecule has 1 aliphatic heterocycles. The van der Waals surface area contributed by atoms with E-state index in [1.165, 1.54) is 16.4 Å². The van der Waals surface area contributed by atoms with Crippen LogP contribution in [0.15, 0.2) is 47.4 Å². The van der Waals surface area contributed by atoms with Crippen LogP contribution in [-0.4, -0.2) is 44.3 Å². The Bertz CT molecular complexity index is 1030. The quantitative estimate of drug-likeness (QED) is 0.730. The number of anilines is 1. The second-order valence-electron chi connectivity index (χ2n) is 6.81. The van der Waals surface area contributed by atoms with Gasteiger partial charge < -0.3 is 10.1 Å². The van der Waals surface area contributed by atoms with Crippen LogP contribution in [-0.2, 0) is 14.8 Å². The van der Waals surface area contributed by atoms with Gasteiger partial charge in [-0.1, -0.05) is 18.2 Å². The number of rotatable bonds is 6. The molecule has 0 spiro atoms. The summed E-state index contributed by atoms with van der Waals surface area (Å²) in [5.41, 5.74) is 1.42. The van der Waals surface area contributed by atoms with E-state index in [1.807, 2.05) is 0 Å². The zero-order valence-corrected chi connectivity index (χ0v) is 17.3. The van der Waals surface area contributed by atoms with Crippen LogP contribution >= 0.6 is 0 Å². The molecule has 0 radical (unpaired) electrons. The maximum Gasteiger partial charge on any atom is 0.340 e. The second-order valence-corrected chi connectivity index (χ2v) is 8.75. The molecule has 1 fully saturated rings. The highest BCUT2D eigenvalue weighted by atomic mass is 32.2. The van der Waals surface area contributed by atoms with E-state index in [0.29, 0.717) is 24.3 Å². The molecule has 2 aromatic carbocycles. The minimum absolute atomic E-state index is 0.0915. The van der Waals surface area contributed by atoms with Gasteiger partial charge in [-0.3, -0.25) is 4.79 Å². The van der Waals surface area contributed by atoms with E-state index < -0.39 is 21.9 Å². The minimum Gasteiger partial charge on any atom is -0.462 e. The molecule has 0 saturated carbocycles. The van der Waals surface area contributed by atoms with Crippen molar-refractivity contribution in [3.63, 3.8) is 0 Å². The largest absolute Gasteiger partial charge is 0.462 e. The van der Waals surface area contributed by atoms with Crippen molar-refractivity contribution in [2.24, 2.45) is 0 Å². The molecular weight excluding hydrogens is 392 g/mol. The number of hydrogen-bond acceptors (Lipinski definition) is 5. The highest BCUT2D eigenvalue weighted by Crippen LogP contribution is 2.24. The molecule has 1 N–H and O–H groups in total. The smallest absolute Gasteiger partial charge is 0.340 e. The van der Waals surface area contributed by atoms with Crippen molar-refractivity contribution >= 4 is 27.6 Å². The molecule has 154 valence electrons. The van der Waals surface area contributed by atoms with Crippen molar-refractivity contribution in [1.29, 1.82) is 0 Å². The third-order valence-corrected chi connectivity index (χ3v) is 6.72. The summed E-state index contributed by atoms with van der Waals surface area (Å²) in [5.74, 6) is -1.02. The summed E-state index contributed by atoms with van der Waals surface area (Å²) in [6.45, 7) is 4.64. The molecule has 1 heterocycles. The number of aryl methyl sites for hydroxylation is 1. The van der Waals surface area contributed by atoms with Crippen molar-refractivity contribution in [2.45, 2.75) is 31.6 Å². The molecule has 1 saturated heterocycles. The number of benzene rings is 2. The van der Waals surface area contributed by atoms with Gasteiger partial charge in [0.1, 0.15) is 0 Å². The standard InChI is InChI=1S/C21H24N2O5S/c1-3-28-21(25)17-8-4-5-9-19(17)22-20(24)18-14-16(11-10-15(18)2)29(26,27)23-12-6-7-13-23/h4-5,8-11,14H,3,6-7,12-13H2,1-2H3,(H,22,24). The normalized spacial score (nSPS) is 14.6. The van der Waals surface area contributed by atoms with Gasteiger partial charge in [0.05, 0.1) is 22.8 Å². The number of esters is 1. The summed E-state index contributed by atoms with van der Waals surface area (Å²) in [7, 11) is -3.63. The van der Waals surface area contributed by atoms with Gasteiger partial charge in [-0.05, 0) is 56.5 Å². The van der Waals surface area contributed by atoms with Crippen LogP contribution in [0.2, 0.25) is 0 Å². The fourth-order valence-corrected chi connectivity index (χ4v) is 4.80. The number of nitrogens with zero attached hydrogens (tertiary/aromatic N) is 1. The van der Waals surface area contributed by atoms with E-state index >= 15 is 0 Å². The van der Waals surface area contributed by atoms with Crippen LogP contribution in [0.5, 0.6) is 0 Å². The predicted octanol–water partition coefficient (Wildman–Crippen LogP) is 3.21. The summed E-state index contributed by atoms with van der Waals surface area (Å²) < 4.78 is 32.1. The average molecular weight is 416 g/mol. The van der Waals surface area contributed by atoms with Gasteiger partial charge in [-0.15, -0.1) is 0 Å². The molecule has 0 aliphatic carbocycles. The highest BCUT2D eigenvalue weighted by molar-refractivity contribution is 7.89. The first kappa shape index (κ1) is 21.0. The molecule has 2 aromatic rings. The molecule has 0 bridgehead atoms. The summed E-state index contributed by atoms with van der Waals surface area (Å²) in [6.07, 6.45) is 1.67. The highest BCUT2D eigenvalue weighted by Gasteiger charge is 2.28. The molecule has 1 aliphatic rings. The van der Waals surface area contributed by atoms with Gasteiger partial charge in [0.25, 0.3) is 5.91 Å². The molecule has 29 heavy (non-hydrogen) atoms. The Morgan fingerprint density at radius 2 is 1.76 bits per heavy atom. The van der Waals surface area contributed by atoms with Crippen molar-refractivity contribution in [3.8, 4) is 0 Å². The SMILES string of the molecule is CCOC(=O)c1ccccc1NC(=O)c1cc(S(=O)(=O)N2CCCC2)ccc1C. The number of ether oxygens (including phenoxy) is 1. The van der Waals surface area contributed by atoms with Crippen LogP contribution in [0, 0.1) is 6.92 Å². The average Bonchev–Trinajstić information content (AvgIpc) is 3.24. The lowest BCUT2D eigenvalue weighted by Gasteiger charge is -2.17. The monoisotopic (exact) mass is 416 g/mol. The maximum atomic E-state index is 12.9. The Morgan fingerprint density at radius 1 is 1.07 bits per heavy atom. The predicted molar refractivity (Wildman–Crippen MR) is 110 cm³/mol. The molecule has 3 rings (SSSR count). The third-order valence-electron chi connectivity index (χ3n) is 4.83. The van der Waals surface area contributed by atoms with Gasteiger partial charge >= 0.3 is 5.97 Å². The Morgan fingerprint density at radius 3 is 2.45 bits per heavy atom. The Hall–Kier alpha value is -2.71. The van der Waals surface area contributed by atoms with Crippen LogP contribution < -0.4 is 5.32 Å². The number of carbonyl (C=O) groups is 2. The second kappa shape index (κ2) is 8.75. The van der Waals surface area contributed by atoms with Crippen molar-refractivity contribution < 1.29 is 22.7 Å². The van der Waals surface area contributed by atoms with Crippen LogP contribution in [0.4, 0.5) is 5.69 Å². The molecule has 1 amide bonds. The van der Waals surface area contributed by atoms with Gasteiger partial charge in [0.15, 0.2) is 0 Å². The van der Waals surface area contributed by atoms with Crippen molar-refractivity contribution in [1.82, 2.24) is 4.31 Å². The number of amides is 1. The maximum absolute atomic E-state index is 12.9. The molecule has 0 aromatic heterocycles. The number of nitrogens with one attached hydrogen (secondary N) is 1. The molecule has 0 atom stereocenters. The topological polar surface area (TPSA) is 92.8 Å². The third kappa shape index (κ3) is 4.49. The fourth-order valence-electron chi connectivity index (χ4n) is 3.25. The lowest BCUT2D eigenvalue weighted by molar-refractivity contribution is 0.0527. The zero-order valence-electron chi connectivity index (χ0n) is 16.5.